The van der Waals surface area contributed by atoms with Gasteiger partial charge in [0.15, 0.2) is 11.0 Å². The highest BCUT2D eigenvalue weighted by molar-refractivity contribution is 7.99. The van der Waals surface area contributed by atoms with Gasteiger partial charge in [-0.1, -0.05) is 17.8 Å². The fourth-order valence-corrected chi connectivity index (χ4v) is 4.11. The van der Waals surface area contributed by atoms with E-state index in [2.05, 4.69) is 37.2 Å². The number of allylic oxidation sites excluding steroid dienone is 1. The zero-order chi connectivity index (χ0) is 23.5. The Morgan fingerprint density at radius 2 is 1.91 bits per heavy atom. The summed E-state index contributed by atoms with van der Waals surface area (Å²) >= 11 is 1.29. The van der Waals surface area contributed by atoms with Crippen LogP contribution in [0, 0.1) is 27.7 Å². The molecule has 0 aliphatic heterocycles. The van der Waals surface area contributed by atoms with Crippen LogP contribution >= 0.6 is 11.8 Å². The first-order valence-electron chi connectivity index (χ1n) is 10.3. The smallest absolute Gasteiger partial charge is 0.252 e. The zero-order valence-corrected chi connectivity index (χ0v) is 19.7. The number of hydrogen-bond acceptors (Lipinski definition) is 8. The Morgan fingerprint density at radius 3 is 2.58 bits per heavy atom. The fourth-order valence-electron chi connectivity index (χ4n) is 3.36. The van der Waals surface area contributed by atoms with Crippen molar-refractivity contribution in [1.29, 1.82) is 0 Å². The molecule has 0 saturated carbocycles. The van der Waals surface area contributed by atoms with Crippen LogP contribution < -0.4 is 5.32 Å². The van der Waals surface area contributed by atoms with Gasteiger partial charge in [0.25, 0.3) is 5.95 Å². The summed E-state index contributed by atoms with van der Waals surface area (Å²) < 4.78 is 8.84. The lowest BCUT2D eigenvalue weighted by Gasteiger charge is -2.09. The average Bonchev–Trinajstić information content (AvgIpc) is 3.44. The molecule has 4 rings (SSSR count). The molecule has 0 aliphatic carbocycles. The minimum atomic E-state index is -0.209. The number of aromatic nitrogens is 7. The van der Waals surface area contributed by atoms with E-state index in [0.717, 1.165) is 28.4 Å². The third kappa shape index (κ3) is 4.87. The molecule has 0 radical (unpaired) electrons. The Morgan fingerprint density at radius 1 is 1.15 bits per heavy atom. The lowest BCUT2D eigenvalue weighted by molar-refractivity contribution is -0.113. The van der Waals surface area contributed by atoms with Crippen LogP contribution in [0.4, 0.5) is 5.82 Å². The van der Waals surface area contributed by atoms with Crippen molar-refractivity contribution in [2.24, 2.45) is 0 Å². The Hall–Kier alpha value is -3.73. The van der Waals surface area contributed by atoms with Gasteiger partial charge in [-0.2, -0.15) is 9.78 Å². The number of amides is 1. The number of rotatable bonds is 8. The summed E-state index contributed by atoms with van der Waals surface area (Å²) in [4.78, 5) is 21.6. The molecule has 0 fully saturated rings. The molecule has 33 heavy (non-hydrogen) atoms. The van der Waals surface area contributed by atoms with Gasteiger partial charge in [-0.25, -0.2) is 9.97 Å². The molecule has 0 atom stereocenters. The quantitative estimate of drug-likeness (QED) is 0.310. The van der Waals surface area contributed by atoms with E-state index in [4.69, 9.17) is 4.42 Å². The van der Waals surface area contributed by atoms with E-state index >= 15 is 0 Å². The topological polar surface area (TPSA) is 117 Å². The minimum absolute atomic E-state index is 0.136. The van der Waals surface area contributed by atoms with E-state index in [9.17, 15) is 4.79 Å². The number of hydrogen-bond donors (Lipinski definition) is 1. The van der Waals surface area contributed by atoms with Crippen LogP contribution in [0.25, 0.3) is 17.3 Å². The van der Waals surface area contributed by atoms with E-state index < -0.39 is 0 Å². The summed E-state index contributed by atoms with van der Waals surface area (Å²) in [7, 11) is 0. The molecule has 170 valence electrons. The van der Waals surface area contributed by atoms with Gasteiger partial charge in [0.1, 0.15) is 11.6 Å². The molecule has 0 unspecified atom stereocenters. The van der Waals surface area contributed by atoms with Crippen molar-refractivity contribution in [3.05, 3.63) is 60.0 Å². The molecule has 4 heterocycles. The summed E-state index contributed by atoms with van der Waals surface area (Å²) in [5.41, 5.74) is 3.24. The monoisotopic (exact) mass is 464 g/mol. The highest BCUT2D eigenvalue weighted by Crippen LogP contribution is 2.27. The summed E-state index contributed by atoms with van der Waals surface area (Å²) in [5.74, 6) is 2.26. The van der Waals surface area contributed by atoms with E-state index in [-0.39, 0.29) is 11.7 Å². The molecule has 10 nitrogen and oxygen atoms in total. The molecule has 0 aromatic carbocycles. The van der Waals surface area contributed by atoms with Gasteiger partial charge >= 0.3 is 0 Å². The maximum Gasteiger partial charge on any atom is 0.252 e. The van der Waals surface area contributed by atoms with Crippen molar-refractivity contribution >= 4 is 23.5 Å². The number of nitrogens with one attached hydrogen (secondary N) is 1. The number of nitrogens with zero attached hydrogens (tertiary/aromatic N) is 7. The summed E-state index contributed by atoms with van der Waals surface area (Å²) in [5, 5.41) is 16.5. The van der Waals surface area contributed by atoms with Gasteiger partial charge in [-0.05, 0) is 39.8 Å². The standard InChI is InChI=1S/C22H24N8O2S/c1-6-8-29-20(17-7-9-32-16(17)5)26-27-22(29)33-12-19(31)25-18-11-15(4)28-30(18)21-23-13(2)10-14(3)24-21/h6-7,9-11H,1,8,12H2,2-5H3,(H,25,31). The lowest BCUT2D eigenvalue weighted by atomic mass is 10.2. The maximum atomic E-state index is 12.8. The predicted molar refractivity (Wildman–Crippen MR) is 125 cm³/mol. The second-order valence-corrected chi connectivity index (χ2v) is 8.41. The molecule has 1 N–H and O–H groups in total. The van der Waals surface area contributed by atoms with Crippen LogP contribution in [0.15, 0.2) is 46.7 Å². The SMILES string of the molecule is C=CCn1c(SCC(=O)Nc2cc(C)nn2-c2nc(C)cc(C)n2)nnc1-c1ccoc1C. The van der Waals surface area contributed by atoms with Crippen molar-refractivity contribution in [1.82, 2.24) is 34.5 Å². The van der Waals surface area contributed by atoms with Crippen LogP contribution in [-0.4, -0.2) is 46.2 Å². The molecule has 1 amide bonds. The Bertz CT molecular complexity index is 1300. The van der Waals surface area contributed by atoms with Crippen LogP contribution in [0.1, 0.15) is 22.8 Å². The number of carbonyl (C=O) groups is 1. The van der Waals surface area contributed by atoms with Crippen LogP contribution in [-0.2, 0) is 11.3 Å². The van der Waals surface area contributed by atoms with E-state index in [1.165, 1.54) is 16.4 Å². The first-order chi connectivity index (χ1) is 15.9. The Labute approximate surface area is 195 Å². The third-order valence-electron chi connectivity index (χ3n) is 4.72. The molecular formula is C22H24N8O2S. The van der Waals surface area contributed by atoms with Crippen molar-refractivity contribution in [3.63, 3.8) is 0 Å². The maximum absolute atomic E-state index is 12.8. The van der Waals surface area contributed by atoms with Gasteiger partial charge < -0.3 is 9.73 Å². The molecule has 0 bridgehead atoms. The van der Waals surface area contributed by atoms with Crippen LogP contribution in [0.3, 0.4) is 0 Å². The van der Waals surface area contributed by atoms with Gasteiger partial charge in [0, 0.05) is 24.0 Å². The van der Waals surface area contributed by atoms with Gasteiger partial charge in [0.2, 0.25) is 5.91 Å². The van der Waals surface area contributed by atoms with Crippen molar-refractivity contribution < 1.29 is 9.21 Å². The first kappa shape index (κ1) is 22.5. The van der Waals surface area contributed by atoms with Crippen molar-refractivity contribution in [3.8, 4) is 17.3 Å². The van der Waals surface area contributed by atoms with E-state index in [1.807, 2.05) is 44.4 Å². The predicted octanol–water partition coefficient (Wildman–Crippen LogP) is 3.66. The molecule has 0 saturated heterocycles. The number of thioether (sulfide) groups is 1. The lowest BCUT2D eigenvalue weighted by Crippen LogP contribution is -2.18. The first-order valence-corrected chi connectivity index (χ1v) is 11.2. The molecule has 4 aromatic heterocycles. The summed E-state index contributed by atoms with van der Waals surface area (Å²) in [6.45, 7) is 11.8. The number of anilines is 1. The van der Waals surface area contributed by atoms with Crippen molar-refractivity contribution in [2.75, 3.05) is 11.1 Å². The molecule has 0 aliphatic rings. The number of furan rings is 1. The molecule has 0 spiro atoms. The molecule has 4 aromatic rings. The highest BCUT2D eigenvalue weighted by Gasteiger charge is 2.19. The third-order valence-corrected chi connectivity index (χ3v) is 5.69. The number of aryl methyl sites for hydroxylation is 4. The van der Waals surface area contributed by atoms with Gasteiger partial charge in [-0.15, -0.1) is 16.8 Å². The summed E-state index contributed by atoms with van der Waals surface area (Å²) in [6.07, 6.45) is 3.38. The molecular weight excluding hydrogens is 440 g/mol. The largest absolute Gasteiger partial charge is 0.469 e. The Balaban J connectivity index is 1.51. The van der Waals surface area contributed by atoms with Crippen LogP contribution in [0.5, 0.6) is 0 Å². The minimum Gasteiger partial charge on any atom is -0.469 e. The molecule has 11 heteroatoms. The Kier molecular flexibility index (Phi) is 6.40. The number of carbonyl (C=O) groups excluding carboxylic acids is 1. The van der Waals surface area contributed by atoms with Crippen molar-refractivity contribution in [2.45, 2.75) is 39.4 Å². The van der Waals surface area contributed by atoms with Gasteiger partial charge in [-0.3, -0.25) is 9.36 Å². The van der Waals surface area contributed by atoms with E-state index in [1.54, 1.807) is 18.4 Å². The fraction of sp³-hybridized carbons (Fsp3) is 0.273. The highest BCUT2D eigenvalue weighted by atomic mass is 32.2. The second kappa shape index (κ2) is 9.41. The normalized spacial score (nSPS) is 11.0. The summed E-state index contributed by atoms with van der Waals surface area (Å²) in [6, 6.07) is 5.51. The van der Waals surface area contributed by atoms with Gasteiger partial charge in [0.05, 0.1) is 23.3 Å². The second-order valence-electron chi connectivity index (χ2n) is 7.47. The van der Waals surface area contributed by atoms with Crippen LogP contribution in [0.2, 0.25) is 0 Å². The zero-order valence-electron chi connectivity index (χ0n) is 18.9. The van der Waals surface area contributed by atoms with E-state index in [0.29, 0.717) is 29.3 Å². The average molecular weight is 465 g/mol.